The maximum absolute atomic E-state index is 11.7. The predicted molar refractivity (Wildman–Crippen MR) is 40.0 cm³/mol. The number of halogens is 3. The number of nitrogens with zero attached hydrogens (tertiary/aromatic N) is 1. The molecule has 5 heteroatoms. The molecule has 0 aromatic rings. The molecule has 2 nitrogen and oxygen atoms in total. The Balaban J connectivity index is 2.04. The summed E-state index contributed by atoms with van der Waals surface area (Å²) in [5.74, 6) is 0. The molecule has 1 aliphatic rings. The molecule has 72 valence electrons. The average molecular weight is 182 g/mol. The second-order valence-electron chi connectivity index (χ2n) is 3.05. The first-order chi connectivity index (χ1) is 5.51. The van der Waals surface area contributed by atoms with Crippen molar-refractivity contribution < 1.29 is 13.2 Å². The van der Waals surface area contributed by atoms with E-state index >= 15 is 0 Å². The summed E-state index contributed by atoms with van der Waals surface area (Å²) in [5.41, 5.74) is 0. The minimum atomic E-state index is -4.08. The van der Waals surface area contributed by atoms with Crippen molar-refractivity contribution in [3.05, 3.63) is 0 Å². The van der Waals surface area contributed by atoms with Gasteiger partial charge >= 0.3 is 6.18 Å². The number of likely N-dealkylation sites (N-methyl/N-ethyl adjacent to an activating group) is 1. The van der Waals surface area contributed by atoms with Crippen molar-refractivity contribution in [1.82, 2.24) is 10.2 Å². The molecular weight excluding hydrogens is 169 g/mol. The third kappa shape index (κ3) is 2.98. The Labute approximate surface area is 69.7 Å². The van der Waals surface area contributed by atoms with Crippen LogP contribution >= 0.6 is 0 Å². The molecule has 1 heterocycles. The molecule has 1 N–H and O–H groups in total. The van der Waals surface area contributed by atoms with Gasteiger partial charge in [0.25, 0.3) is 0 Å². The van der Waals surface area contributed by atoms with Gasteiger partial charge in [0.2, 0.25) is 0 Å². The summed E-state index contributed by atoms with van der Waals surface area (Å²) >= 11 is 0. The first-order valence-electron chi connectivity index (χ1n) is 4.04. The van der Waals surface area contributed by atoms with Crippen LogP contribution in [0.3, 0.4) is 0 Å². The van der Waals surface area contributed by atoms with Crippen LogP contribution in [0.15, 0.2) is 0 Å². The van der Waals surface area contributed by atoms with Gasteiger partial charge in [0, 0.05) is 19.1 Å². The van der Waals surface area contributed by atoms with Gasteiger partial charge in [-0.3, -0.25) is 0 Å². The molecule has 12 heavy (non-hydrogen) atoms. The summed E-state index contributed by atoms with van der Waals surface area (Å²) in [6, 6.07) is 0.0339. The lowest BCUT2D eigenvalue weighted by Crippen LogP contribution is -2.58. The summed E-state index contributed by atoms with van der Waals surface area (Å²) in [7, 11) is 0. The largest absolute Gasteiger partial charge is 0.401 e. The topological polar surface area (TPSA) is 15.3 Å². The van der Waals surface area contributed by atoms with Gasteiger partial charge < -0.3 is 10.2 Å². The van der Waals surface area contributed by atoms with Gasteiger partial charge in [-0.1, -0.05) is 6.92 Å². The fourth-order valence-corrected chi connectivity index (χ4v) is 1.22. The van der Waals surface area contributed by atoms with Gasteiger partial charge in [0.15, 0.2) is 0 Å². The molecule has 1 saturated heterocycles. The fraction of sp³-hybridized carbons (Fsp3) is 1.00. The van der Waals surface area contributed by atoms with E-state index in [0.29, 0.717) is 0 Å². The molecule has 0 radical (unpaired) electrons. The second kappa shape index (κ2) is 3.62. The molecule has 1 fully saturated rings. The van der Waals surface area contributed by atoms with Crippen LogP contribution in [0, 0.1) is 0 Å². The van der Waals surface area contributed by atoms with Crippen LogP contribution in [0.25, 0.3) is 0 Å². The molecule has 1 aliphatic heterocycles. The van der Waals surface area contributed by atoms with Gasteiger partial charge in [0.1, 0.15) is 0 Å². The SMILES string of the molecule is CCN1CC(NCC(F)(F)F)C1. The van der Waals surface area contributed by atoms with Crippen LogP contribution in [0.2, 0.25) is 0 Å². The number of hydrogen-bond acceptors (Lipinski definition) is 2. The molecule has 0 saturated carbocycles. The molecule has 0 spiro atoms. The molecule has 0 amide bonds. The van der Waals surface area contributed by atoms with Crippen molar-refractivity contribution in [2.24, 2.45) is 0 Å². The van der Waals surface area contributed by atoms with Crippen molar-refractivity contribution in [2.45, 2.75) is 19.1 Å². The Bertz CT molecular complexity index is 140. The Hall–Kier alpha value is -0.290. The lowest BCUT2D eigenvalue weighted by Gasteiger charge is -2.39. The van der Waals surface area contributed by atoms with Crippen molar-refractivity contribution in [3.63, 3.8) is 0 Å². The number of rotatable bonds is 3. The smallest absolute Gasteiger partial charge is 0.303 e. The fourth-order valence-electron chi connectivity index (χ4n) is 1.22. The van der Waals surface area contributed by atoms with Crippen LogP contribution in [0.1, 0.15) is 6.92 Å². The van der Waals surface area contributed by atoms with E-state index in [1.165, 1.54) is 0 Å². The standard InChI is InChI=1S/C7H13F3N2/c1-2-12-3-6(4-12)11-5-7(8,9)10/h6,11H,2-5H2,1H3. The predicted octanol–water partition coefficient (Wildman–Crippen LogP) is 0.842. The number of hydrogen-bond donors (Lipinski definition) is 1. The van der Waals surface area contributed by atoms with E-state index in [0.717, 1.165) is 19.6 Å². The van der Waals surface area contributed by atoms with E-state index in [-0.39, 0.29) is 6.04 Å². The summed E-state index contributed by atoms with van der Waals surface area (Å²) in [4.78, 5) is 2.09. The van der Waals surface area contributed by atoms with Crippen LogP contribution in [0.4, 0.5) is 13.2 Å². The highest BCUT2D eigenvalue weighted by molar-refractivity contribution is 4.85. The molecule has 0 bridgehead atoms. The first-order valence-corrected chi connectivity index (χ1v) is 4.04. The lowest BCUT2D eigenvalue weighted by molar-refractivity contribution is -0.128. The molecule has 0 atom stereocenters. The average Bonchev–Trinajstić information content (AvgIpc) is 1.82. The summed E-state index contributed by atoms with van der Waals surface area (Å²) in [6.07, 6.45) is -4.08. The third-order valence-electron chi connectivity index (χ3n) is 2.00. The summed E-state index contributed by atoms with van der Waals surface area (Å²) < 4.78 is 35.0. The van der Waals surface area contributed by atoms with E-state index in [1.807, 2.05) is 6.92 Å². The van der Waals surface area contributed by atoms with E-state index < -0.39 is 12.7 Å². The maximum Gasteiger partial charge on any atom is 0.401 e. The zero-order valence-corrected chi connectivity index (χ0v) is 6.99. The van der Waals surface area contributed by atoms with Crippen molar-refractivity contribution >= 4 is 0 Å². The molecule has 0 unspecified atom stereocenters. The van der Waals surface area contributed by atoms with Gasteiger partial charge in [-0.05, 0) is 6.54 Å². The van der Waals surface area contributed by atoms with Gasteiger partial charge in [-0.15, -0.1) is 0 Å². The quantitative estimate of drug-likeness (QED) is 0.695. The Morgan fingerprint density at radius 3 is 2.42 bits per heavy atom. The third-order valence-corrected chi connectivity index (χ3v) is 2.00. The van der Waals surface area contributed by atoms with E-state index in [9.17, 15) is 13.2 Å². The van der Waals surface area contributed by atoms with Crippen molar-refractivity contribution in [1.29, 1.82) is 0 Å². The lowest BCUT2D eigenvalue weighted by atomic mass is 10.1. The Morgan fingerprint density at radius 1 is 1.42 bits per heavy atom. The van der Waals surface area contributed by atoms with E-state index in [2.05, 4.69) is 10.2 Å². The molecule has 0 aromatic heterocycles. The molecule has 0 aliphatic carbocycles. The summed E-state index contributed by atoms with van der Waals surface area (Å²) in [5, 5.41) is 2.46. The van der Waals surface area contributed by atoms with Crippen LogP contribution in [-0.2, 0) is 0 Å². The van der Waals surface area contributed by atoms with Crippen LogP contribution in [-0.4, -0.2) is 43.3 Å². The zero-order chi connectivity index (χ0) is 9.19. The normalized spacial score (nSPS) is 21.0. The van der Waals surface area contributed by atoms with Crippen LogP contribution in [0.5, 0.6) is 0 Å². The maximum atomic E-state index is 11.7. The highest BCUT2D eigenvalue weighted by atomic mass is 19.4. The highest BCUT2D eigenvalue weighted by Crippen LogP contribution is 2.14. The summed E-state index contributed by atoms with van der Waals surface area (Å²) in [6.45, 7) is 3.54. The van der Waals surface area contributed by atoms with Crippen LogP contribution < -0.4 is 5.32 Å². The Morgan fingerprint density at radius 2 is 2.00 bits per heavy atom. The van der Waals surface area contributed by atoms with E-state index in [1.54, 1.807) is 0 Å². The molecule has 0 aromatic carbocycles. The number of nitrogens with one attached hydrogen (secondary N) is 1. The Kier molecular flexibility index (Phi) is 2.95. The van der Waals surface area contributed by atoms with Crippen molar-refractivity contribution in [2.75, 3.05) is 26.2 Å². The van der Waals surface area contributed by atoms with E-state index in [4.69, 9.17) is 0 Å². The van der Waals surface area contributed by atoms with Gasteiger partial charge in [-0.2, -0.15) is 13.2 Å². The molecule has 1 rings (SSSR count). The number of alkyl halides is 3. The van der Waals surface area contributed by atoms with Crippen molar-refractivity contribution in [3.8, 4) is 0 Å². The first kappa shape index (κ1) is 9.80. The second-order valence-corrected chi connectivity index (χ2v) is 3.05. The monoisotopic (exact) mass is 182 g/mol. The number of likely N-dealkylation sites (tertiary alicyclic amines) is 1. The minimum Gasteiger partial charge on any atom is -0.303 e. The van der Waals surface area contributed by atoms with Gasteiger partial charge in [0.05, 0.1) is 6.54 Å². The zero-order valence-electron chi connectivity index (χ0n) is 6.99. The minimum absolute atomic E-state index is 0.0339. The molecular formula is C7H13F3N2. The van der Waals surface area contributed by atoms with Gasteiger partial charge in [-0.25, -0.2) is 0 Å². The highest BCUT2D eigenvalue weighted by Gasteiger charge is 2.31.